The van der Waals surface area contributed by atoms with E-state index in [1.165, 1.54) is 0 Å². The zero-order valence-electron chi connectivity index (χ0n) is 7.57. The Hall–Kier alpha value is -1.58. The number of aryl methyl sites for hydroxylation is 2. The molecule has 0 saturated carbocycles. The SMILES string of the molecule is CCc1cc(C)c(C=O)n1C(=O)O. The van der Waals surface area contributed by atoms with Crippen LogP contribution in [-0.2, 0) is 6.42 Å². The van der Waals surface area contributed by atoms with Gasteiger partial charge in [-0.1, -0.05) is 6.92 Å². The van der Waals surface area contributed by atoms with Crippen LogP contribution in [0.5, 0.6) is 0 Å². The number of aldehydes is 1. The largest absolute Gasteiger partial charge is 0.464 e. The van der Waals surface area contributed by atoms with Crippen LogP contribution in [0.1, 0.15) is 28.7 Å². The maximum absolute atomic E-state index is 10.8. The van der Waals surface area contributed by atoms with Crippen molar-refractivity contribution < 1.29 is 14.7 Å². The van der Waals surface area contributed by atoms with E-state index in [-0.39, 0.29) is 5.69 Å². The number of nitrogens with zero attached hydrogens (tertiary/aromatic N) is 1. The van der Waals surface area contributed by atoms with E-state index >= 15 is 0 Å². The maximum Gasteiger partial charge on any atom is 0.416 e. The molecular formula is C9H11NO3. The summed E-state index contributed by atoms with van der Waals surface area (Å²) >= 11 is 0. The molecule has 13 heavy (non-hydrogen) atoms. The molecule has 0 radical (unpaired) electrons. The highest BCUT2D eigenvalue weighted by molar-refractivity contribution is 5.83. The summed E-state index contributed by atoms with van der Waals surface area (Å²) in [7, 11) is 0. The highest BCUT2D eigenvalue weighted by atomic mass is 16.4. The lowest BCUT2D eigenvalue weighted by atomic mass is 10.2. The molecular weight excluding hydrogens is 170 g/mol. The third-order valence-corrected chi connectivity index (χ3v) is 1.98. The van der Waals surface area contributed by atoms with Crippen LogP contribution in [0.3, 0.4) is 0 Å². The molecule has 0 atom stereocenters. The lowest BCUT2D eigenvalue weighted by Gasteiger charge is -2.01. The lowest BCUT2D eigenvalue weighted by molar-refractivity contribution is 0.111. The molecule has 0 unspecified atom stereocenters. The van der Waals surface area contributed by atoms with Gasteiger partial charge in [0.1, 0.15) is 0 Å². The highest BCUT2D eigenvalue weighted by Crippen LogP contribution is 2.13. The minimum atomic E-state index is -1.10. The summed E-state index contributed by atoms with van der Waals surface area (Å²) in [4.78, 5) is 21.4. The third-order valence-electron chi connectivity index (χ3n) is 1.98. The van der Waals surface area contributed by atoms with Gasteiger partial charge in [0.25, 0.3) is 0 Å². The van der Waals surface area contributed by atoms with Gasteiger partial charge in [0, 0.05) is 5.69 Å². The first-order valence-electron chi connectivity index (χ1n) is 4.01. The zero-order chi connectivity index (χ0) is 10.0. The summed E-state index contributed by atoms with van der Waals surface area (Å²) < 4.78 is 1.03. The van der Waals surface area contributed by atoms with Crippen LogP contribution in [0.25, 0.3) is 0 Å². The van der Waals surface area contributed by atoms with E-state index in [9.17, 15) is 9.59 Å². The third kappa shape index (κ3) is 1.47. The first-order chi connectivity index (χ1) is 6.11. The number of hydrogen-bond acceptors (Lipinski definition) is 2. The van der Waals surface area contributed by atoms with Gasteiger partial charge in [-0.15, -0.1) is 0 Å². The van der Waals surface area contributed by atoms with Gasteiger partial charge in [0.05, 0.1) is 5.69 Å². The molecule has 0 aliphatic carbocycles. The van der Waals surface area contributed by atoms with Crippen molar-refractivity contribution in [3.8, 4) is 0 Å². The van der Waals surface area contributed by atoms with Crippen LogP contribution in [0.4, 0.5) is 4.79 Å². The molecule has 0 amide bonds. The Morgan fingerprint density at radius 2 is 2.31 bits per heavy atom. The summed E-state index contributed by atoms with van der Waals surface area (Å²) in [5.74, 6) is 0. The molecule has 0 aliphatic heterocycles. The standard InChI is InChI=1S/C9H11NO3/c1-3-7-4-6(2)8(5-11)10(7)9(12)13/h4-5H,3H2,1-2H3,(H,12,13). The Bertz CT molecular complexity index is 352. The molecule has 0 aromatic carbocycles. The lowest BCUT2D eigenvalue weighted by Crippen LogP contribution is -2.14. The minimum Gasteiger partial charge on any atom is -0.464 e. The van der Waals surface area contributed by atoms with Gasteiger partial charge in [0.15, 0.2) is 6.29 Å². The Balaban J connectivity index is 3.40. The van der Waals surface area contributed by atoms with E-state index in [1.807, 2.05) is 6.92 Å². The van der Waals surface area contributed by atoms with Crippen molar-refractivity contribution in [2.45, 2.75) is 20.3 Å². The average molecular weight is 181 g/mol. The van der Waals surface area contributed by atoms with Gasteiger partial charge in [-0.25, -0.2) is 9.36 Å². The van der Waals surface area contributed by atoms with Crippen molar-refractivity contribution in [3.63, 3.8) is 0 Å². The van der Waals surface area contributed by atoms with Crippen molar-refractivity contribution >= 4 is 12.4 Å². The van der Waals surface area contributed by atoms with Crippen LogP contribution in [-0.4, -0.2) is 22.1 Å². The number of carboxylic acid groups (broad SMARTS) is 1. The van der Waals surface area contributed by atoms with Gasteiger partial charge in [-0.3, -0.25) is 4.79 Å². The molecule has 4 heteroatoms. The second-order valence-corrected chi connectivity index (χ2v) is 2.79. The number of rotatable bonds is 2. The fourth-order valence-corrected chi connectivity index (χ4v) is 1.35. The normalized spacial score (nSPS) is 10.0. The van der Waals surface area contributed by atoms with Crippen LogP contribution in [0.15, 0.2) is 6.07 Å². The van der Waals surface area contributed by atoms with Crippen molar-refractivity contribution in [3.05, 3.63) is 23.0 Å². The molecule has 0 aliphatic rings. The number of aromatic nitrogens is 1. The van der Waals surface area contributed by atoms with Crippen LogP contribution >= 0.6 is 0 Å². The van der Waals surface area contributed by atoms with Crippen molar-refractivity contribution in [2.75, 3.05) is 0 Å². The summed E-state index contributed by atoms with van der Waals surface area (Å²) in [5, 5.41) is 8.83. The predicted octanol–water partition coefficient (Wildman–Crippen LogP) is 1.70. The quantitative estimate of drug-likeness (QED) is 0.706. The molecule has 1 rings (SSSR count). The van der Waals surface area contributed by atoms with Crippen molar-refractivity contribution in [1.29, 1.82) is 0 Å². The fraction of sp³-hybridized carbons (Fsp3) is 0.333. The number of carbonyl (C=O) groups is 2. The van der Waals surface area contributed by atoms with Crippen LogP contribution < -0.4 is 0 Å². The molecule has 1 aromatic rings. The minimum absolute atomic E-state index is 0.226. The Labute approximate surface area is 75.8 Å². The maximum atomic E-state index is 10.8. The Morgan fingerprint density at radius 3 is 2.69 bits per heavy atom. The molecule has 1 aromatic heterocycles. The zero-order valence-corrected chi connectivity index (χ0v) is 7.57. The Morgan fingerprint density at radius 1 is 1.69 bits per heavy atom. The highest BCUT2D eigenvalue weighted by Gasteiger charge is 2.15. The van der Waals surface area contributed by atoms with Crippen molar-refractivity contribution in [2.24, 2.45) is 0 Å². The average Bonchev–Trinajstić information content (AvgIpc) is 2.41. The number of carbonyl (C=O) groups excluding carboxylic acids is 1. The predicted molar refractivity (Wildman–Crippen MR) is 47.4 cm³/mol. The molecule has 0 saturated heterocycles. The second-order valence-electron chi connectivity index (χ2n) is 2.79. The first-order valence-corrected chi connectivity index (χ1v) is 4.01. The molecule has 4 nitrogen and oxygen atoms in total. The van der Waals surface area contributed by atoms with Gasteiger partial charge >= 0.3 is 6.09 Å². The fourth-order valence-electron chi connectivity index (χ4n) is 1.35. The molecule has 0 bridgehead atoms. The molecule has 1 N–H and O–H groups in total. The van der Waals surface area contributed by atoms with Gasteiger partial charge in [0.2, 0.25) is 0 Å². The van der Waals surface area contributed by atoms with Crippen molar-refractivity contribution in [1.82, 2.24) is 4.57 Å². The van der Waals surface area contributed by atoms with E-state index in [0.29, 0.717) is 24.0 Å². The monoisotopic (exact) mass is 181 g/mol. The van der Waals surface area contributed by atoms with E-state index in [4.69, 9.17) is 5.11 Å². The van der Waals surface area contributed by atoms with Crippen LogP contribution in [0, 0.1) is 6.92 Å². The van der Waals surface area contributed by atoms with E-state index in [1.54, 1.807) is 13.0 Å². The summed E-state index contributed by atoms with van der Waals surface area (Å²) in [6.07, 6.45) is 0.0656. The molecule has 0 fully saturated rings. The molecule has 1 heterocycles. The number of hydrogen-bond donors (Lipinski definition) is 1. The first kappa shape index (κ1) is 9.51. The summed E-state index contributed by atoms with van der Waals surface area (Å²) in [6.45, 7) is 3.57. The topological polar surface area (TPSA) is 59.3 Å². The van der Waals surface area contributed by atoms with E-state index < -0.39 is 6.09 Å². The van der Waals surface area contributed by atoms with E-state index in [2.05, 4.69) is 0 Å². The Kier molecular flexibility index (Phi) is 2.51. The molecule has 0 spiro atoms. The second kappa shape index (κ2) is 3.43. The molecule has 70 valence electrons. The summed E-state index contributed by atoms with van der Waals surface area (Å²) in [5.41, 5.74) is 1.57. The summed E-state index contributed by atoms with van der Waals surface area (Å²) in [6, 6.07) is 1.72. The smallest absolute Gasteiger partial charge is 0.416 e. The van der Waals surface area contributed by atoms with Crippen LogP contribution in [0.2, 0.25) is 0 Å². The van der Waals surface area contributed by atoms with E-state index in [0.717, 1.165) is 4.57 Å². The van der Waals surface area contributed by atoms with Gasteiger partial charge in [-0.2, -0.15) is 0 Å². The van der Waals surface area contributed by atoms with Gasteiger partial charge < -0.3 is 5.11 Å². The van der Waals surface area contributed by atoms with Gasteiger partial charge in [-0.05, 0) is 25.0 Å².